The molecular weight excluding hydrogens is 340 g/mol. The van der Waals surface area contributed by atoms with Crippen LogP contribution in [-0.2, 0) is 6.61 Å². The van der Waals surface area contributed by atoms with Gasteiger partial charge in [0, 0.05) is 5.69 Å². The lowest BCUT2D eigenvalue weighted by atomic mass is 10.0. The van der Waals surface area contributed by atoms with Gasteiger partial charge in [0.25, 0.3) is 5.91 Å². The van der Waals surface area contributed by atoms with Gasteiger partial charge in [-0.15, -0.1) is 0 Å². The Morgan fingerprint density at radius 3 is 2.44 bits per heavy atom. The van der Waals surface area contributed by atoms with Gasteiger partial charge in [0.1, 0.15) is 18.1 Å². The molecule has 140 valence electrons. The molecule has 0 aliphatic rings. The van der Waals surface area contributed by atoms with Crippen LogP contribution < -0.4 is 10.1 Å². The molecule has 1 heterocycles. The first-order valence-corrected chi connectivity index (χ1v) is 9.00. The highest BCUT2D eigenvalue weighted by Gasteiger charge is 2.15. The first-order chi connectivity index (χ1) is 13.0. The number of para-hydroxylation sites is 1. The predicted molar refractivity (Wildman–Crippen MR) is 105 cm³/mol. The largest absolute Gasteiger partial charge is 0.488 e. The molecule has 2 aromatic carbocycles. The van der Waals surface area contributed by atoms with Gasteiger partial charge in [-0.25, -0.2) is 0 Å². The smallest absolute Gasteiger partial charge is 0.259 e. The molecule has 0 aliphatic heterocycles. The number of hydrogen-bond acceptors (Lipinski definition) is 4. The summed E-state index contributed by atoms with van der Waals surface area (Å²) in [5, 5.41) is 6.86. The minimum Gasteiger partial charge on any atom is -0.488 e. The highest BCUT2D eigenvalue weighted by atomic mass is 16.5. The summed E-state index contributed by atoms with van der Waals surface area (Å²) in [6.07, 6.45) is 0. The fraction of sp³-hybridized carbons (Fsp3) is 0.273. The number of ether oxygens (including phenoxy) is 1. The molecule has 5 heteroatoms. The predicted octanol–water partition coefficient (Wildman–Crippen LogP) is 5.25. The Kier molecular flexibility index (Phi) is 5.60. The van der Waals surface area contributed by atoms with Crippen LogP contribution in [0.5, 0.6) is 5.75 Å². The van der Waals surface area contributed by atoms with Crippen LogP contribution in [0.2, 0.25) is 0 Å². The molecule has 0 spiro atoms. The van der Waals surface area contributed by atoms with E-state index in [0.29, 0.717) is 23.8 Å². The van der Waals surface area contributed by atoms with Gasteiger partial charge in [0.2, 0.25) is 0 Å². The van der Waals surface area contributed by atoms with E-state index in [1.165, 1.54) is 5.56 Å². The lowest BCUT2D eigenvalue weighted by Crippen LogP contribution is -2.13. The van der Waals surface area contributed by atoms with Crippen LogP contribution in [0.25, 0.3) is 0 Å². The Hall–Kier alpha value is -3.08. The van der Waals surface area contributed by atoms with Crippen molar-refractivity contribution in [3.63, 3.8) is 0 Å². The molecular formula is C22H24N2O3. The molecule has 1 amide bonds. The van der Waals surface area contributed by atoms with E-state index in [1.807, 2.05) is 50.2 Å². The third-order valence-corrected chi connectivity index (χ3v) is 4.52. The number of hydrogen-bond donors (Lipinski definition) is 1. The SMILES string of the molecule is Cc1noc(C)c1COc1ccccc1C(=O)Nc1ccc(C(C)C)cc1. The van der Waals surface area contributed by atoms with E-state index in [1.54, 1.807) is 12.1 Å². The molecule has 0 fully saturated rings. The molecule has 3 rings (SSSR count). The number of nitrogens with zero attached hydrogens (tertiary/aromatic N) is 1. The van der Waals surface area contributed by atoms with Crippen molar-refractivity contribution in [1.29, 1.82) is 0 Å². The highest BCUT2D eigenvalue weighted by molar-refractivity contribution is 6.06. The lowest BCUT2D eigenvalue weighted by molar-refractivity contribution is 0.102. The fourth-order valence-electron chi connectivity index (χ4n) is 2.79. The number of carbonyl (C=O) groups excluding carboxylic acids is 1. The van der Waals surface area contributed by atoms with Crippen molar-refractivity contribution in [2.24, 2.45) is 0 Å². The first kappa shape index (κ1) is 18.7. The van der Waals surface area contributed by atoms with E-state index < -0.39 is 0 Å². The zero-order valence-corrected chi connectivity index (χ0v) is 16.1. The number of aryl methyl sites for hydroxylation is 2. The molecule has 0 saturated carbocycles. The van der Waals surface area contributed by atoms with Gasteiger partial charge >= 0.3 is 0 Å². The Morgan fingerprint density at radius 2 is 1.81 bits per heavy atom. The maximum Gasteiger partial charge on any atom is 0.259 e. The van der Waals surface area contributed by atoms with E-state index in [4.69, 9.17) is 9.26 Å². The molecule has 0 aliphatic carbocycles. The molecule has 5 nitrogen and oxygen atoms in total. The zero-order valence-electron chi connectivity index (χ0n) is 16.1. The van der Waals surface area contributed by atoms with Crippen molar-refractivity contribution in [3.05, 3.63) is 76.7 Å². The molecule has 0 atom stereocenters. The van der Waals surface area contributed by atoms with Gasteiger partial charge in [0.05, 0.1) is 16.8 Å². The number of amides is 1. The van der Waals surface area contributed by atoms with E-state index in [0.717, 1.165) is 22.7 Å². The average Bonchev–Trinajstić information content (AvgIpc) is 2.98. The molecule has 1 aromatic heterocycles. The summed E-state index contributed by atoms with van der Waals surface area (Å²) in [6, 6.07) is 15.1. The van der Waals surface area contributed by atoms with Gasteiger partial charge in [0.15, 0.2) is 0 Å². The number of anilines is 1. The summed E-state index contributed by atoms with van der Waals surface area (Å²) >= 11 is 0. The van der Waals surface area contributed by atoms with E-state index in [9.17, 15) is 4.79 Å². The van der Waals surface area contributed by atoms with E-state index >= 15 is 0 Å². The van der Waals surface area contributed by atoms with Crippen LogP contribution in [0.4, 0.5) is 5.69 Å². The molecule has 0 unspecified atom stereocenters. The van der Waals surface area contributed by atoms with Crippen LogP contribution in [0.3, 0.4) is 0 Å². The third-order valence-electron chi connectivity index (χ3n) is 4.52. The molecule has 0 radical (unpaired) electrons. The number of benzene rings is 2. The zero-order chi connectivity index (χ0) is 19.4. The lowest BCUT2D eigenvalue weighted by Gasteiger charge is -2.12. The van der Waals surface area contributed by atoms with Gasteiger partial charge in [-0.2, -0.15) is 0 Å². The van der Waals surface area contributed by atoms with Crippen molar-refractivity contribution < 1.29 is 14.1 Å². The van der Waals surface area contributed by atoms with E-state index in [-0.39, 0.29) is 5.91 Å². The van der Waals surface area contributed by atoms with Crippen LogP contribution >= 0.6 is 0 Å². The van der Waals surface area contributed by atoms with Crippen molar-refractivity contribution in [2.45, 2.75) is 40.2 Å². The minimum absolute atomic E-state index is 0.207. The Labute approximate surface area is 159 Å². The maximum atomic E-state index is 12.7. The van der Waals surface area contributed by atoms with Crippen LogP contribution in [0.1, 0.15) is 52.7 Å². The molecule has 0 saturated heterocycles. The van der Waals surface area contributed by atoms with Gasteiger partial charge in [-0.1, -0.05) is 43.3 Å². The van der Waals surface area contributed by atoms with Crippen molar-refractivity contribution >= 4 is 11.6 Å². The van der Waals surface area contributed by atoms with Crippen molar-refractivity contribution in [1.82, 2.24) is 5.16 Å². The summed E-state index contributed by atoms with van der Waals surface area (Å²) in [4.78, 5) is 12.7. The second-order valence-corrected chi connectivity index (χ2v) is 6.82. The molecule has 0 bridgehead atoms. The minimum atomic E-state index is -0.207. The van der Waals surface area contributed by atoms with Gasteiger partial charge < -0.3 is 14.6 Å². The summed E-state index contributed by atoms with van der Waals surface area (Å²) in [7, 11) is 0. The molecule has 3 aromatic rings. The van der Waals surface area contributed by atoms with E-state index in [2.05, 4.69) is 24.3 Å². The fourth-order valence-corrected chi connectivity index (χ4v) is 2.79. The monoisotopic (exact) mass is 364 g/mol. The molecule has 27 heavy (non-hydrogen) atoms. The highest BCUT2D eigenvalue weighted by Crippen LogP contribution is 2.23. The topological polar surface area (TPSA) is 64.4 Å². The summed E-state index contributed by atoms with van der Waals surface area (Å²) in [5.74, 6) is 1.49. The van der Waals surface area contributed by atoms with Crippen molar-refractivity contribution in [2.75, 3.05) is 5.32 Å². The Morgan fingerprint density at radius 1 is 1.11 bits per heavy atom. The second kappa shape index (κ2) is 8.08. The Balaban J connectivity index is 1.73. The quantitative estimate of drug-likeness (QED) is 0.649. The number of carbonyl (C=O) groups is 1. The normalized spacial score (nSPS) is 10.9. The molecule has 1 N–H and O–H groups in total. The maximum absolute atomic E-state index is 12.7. The van der Waals surface area contributed by atoms with Crippen molar-refractivity contribution in [3.8, 4) is 5.75 Å². The number of rotatable bonds is 6. The number of nitrogens with one attached hydrogen (secondary N) is 1. The average molecular weight is 364 g/mol. The summed E-state index contributed by atoms with van der Waals surface area (Å²) in [6.45, 7) is 8.29. The summed E-state index contributed by atoms with van der Waals surface area (Å²) < 4.78 is 11.0. The van der Waals surface area contributed by atoms with Gasteiger partial charge in [-0.3, -0.25) is 4.79 Å². The standard InChI is InChI=1S/C22H24N2O3/c1-14(2)17-9-11-18(12-10-17)23-22(25)19-7-5-6-8-21(19)26-13-20-15(3)24-27-16(20)4/h5-12,14H,13H2,1-4H3,(H,23,25). The number of aromatic nitrogens is 1. The summed E-state index contributed by atoms with van der Waals surface area (Å²) in [5.41, 5.74) is 4.16. The second-order valence-electron chi connectivity index (χ2n) is 6.82. The van der Waals surface area contributed by atoms with Crippen LogP contribution in [-0.4, -0.2) is 11.1 Å². The van der Waals surface area contributed by atoms with Crippen LogP contribution in [0, 0.1) is 13.8 Å². The van der Waals surface area contributed by atoms with Crippen LogP contribution in [0.15, 0.2) is 53.1 Å². The van der Waals surface area contributed by atoms with Gasteiger partial charge in [-0.05, 0) is 49.6 Å². The first-order valence-electron chi connectivity index (χ1n) is 9.00. The third kappa shape index (κ3) is 4.37. The Bertz CT molecular complexity index is 907.